The molecule has 0 spiro atoms. The number of nitrogens with zero attached hydrogens (tertiary/aromatic N) is 1. The molecule has 0 aliphatic carbocycles. The summed E-state index contributed by atoms with van der Waals surface area (Å²) >= 11 is 0. The van der Waals surface area contributed by atoms with Gasteiger partial charge in [-0.25, -0.2) is 9.79 Å². The van der Waals surface area contributed by atoms with Gasteiger partial charge in [-0.1, -0.05) is 46.2 Å². The van der Waals surface area contributed by atoms with Crippen molar-refractivity contribution >= 4 is 28.4 Å². The Labute approximate surface area is 254 Å². The summed E-state index contributed by atoms with van der Waals surface area (Å²) in [5.41, 5.74) is 8.43. The first-order valence-electron chi connectivity index (χ1n) is 14.4. The van der Waals surface area contributed by atoms with Crippen molar-refractivity contribution in [1.82, 2.24) is 0 Å². The van der Waals surface area contributed by atoms with Gasteiger partial charge in [0.2, 0.25) is 0 Å². The molecule has 1 aliphatic rings. The Morgan fingerprint density at radius 2 is 1.66 bits per heavy atom. The van der Waals surface area contributed by atoms with Crippen molar-refractivity contribution in [2.75, 3.05) is 6.61 Å². The minimum Gasteiger partial charge on any atom is -0.462 e. The summed E-state index contributed by atoms with van der Waals surface area (Å²) in [4.78, 5) is 16.6. The zero-order chi connectivity index (χ0) is 32.0. The van der Waals surface area contributed by atoms with Crippen molar-refractivity contribution in [1.29, 1.82) is 5.41 Å². The van der Waals surface area contributed by atoms with Crippen LogP contribution in [-0.2, 0) is 16.3 Å². The lowest BCUT2D eigenvalue weighted by molar-refractivity contribution is -0.137. The van der Waals surface area contributed by atoms with Gasteiger partial charge < -0.3 is 15.2 Å². The van der Waals surface area contributed by atoms with E-state index in [4.69, 9.17) is 20.6 Å². The number of ether oxygens (including phenoxy) is 2. The van der Waals surface area contributed by atoms with Crippen LogP contribution >= 0.6 is 0 Å². The van der Waals surface area contributed by atoms with Gasteiger partial charge in [0, 0.05) is 22.1 Å². The molecular formula is C35H34F3N3O3. The number of nitrogens with two attached hydrogens (primary N) is 1. The summed E-state index contributed by atoms with van der Waals surface area (Å²) in [6.45, 7) is 10.1. The third-order valence-electron chi connectivity index (χ3n) is 7.55. The number of aryl methyl sites for hydroxylation is 1. The standard InChI is InChI=1S/C35H34F3N3O3/c1-6-7-12-43-33(42)20-8-10-25(11-9-20)44-27-18-23(34(3,4)5)15-22-17-26-30(32(40)41-31(26)39)29(28(22)27)21-13-19(2)14-24(16-21)35(36,37)38/h8-11,13-18H,6-7,12H2,1-5H3,(H3,39,40,41). The molecule has 0 fully saturated rings. The number of amidine groups is 2. The molecule has 4 aromatic rings. The molecule has 6 nitrogen and oxygen atoms in total. The molecule has 0 atom stereocenters. The number of hydrogen-bond donors (Lipinski definition) is 2. The van der Waals surface area contributed by atoms with Crippen LogP contribution < -0.4 is 10.5 Å². The molecule has 3 N–H and O–H groups in total. The van der Waals surface area contributed by atoms with Crippen LogP contribution in [-0.4, -0.2) is 24.2 Å². The minimum atomic E-state index is -4.57. The number of fused-ring (bicyclic) bond motifs is 2. The monoisotopic (exact) mass is 601 g/mol. The zero-order valence-corrected chi connectivity index (χ0v) is 25.3. The van der Waals surface area contributed by atoms with E-state index in [0.717, 1.165) is 30.5 Å². The number of carbonyl (C=O) groups excluding carboxylic acids is 1. The fourth-order valence-corrected chi connectivity index (χ4v) is 5.27. The Bertz CT molecular complexity index is 1820. The lowest BCUT2D eigenvalue weighted by atomic mass is 9.82. The van der Waals surface area contributed by atoms with Gasteiger partial charge in [-0.2, -0.15) is 13.2 Å². The molecule has 0 amide bonds. The average molecular weight is 602 g/mol. The number of rotatable bonds is 7. The van der Waals surface area contributed by atoms with Crippen LogP contribution in [0.3, 0.4) is 0 Å². The first kappa shape index (κ1) is 30.8. The number of esters is 1. The van der Waals surface area contributed by atoms with Gasteiger partial charge in [0.1, 0.15) is 17.3 Å². The van der Waals surface area contributed by atoms with E-state index >= 15 is 0 Å². The van der Waals surface area contributed by atoms with E-state index in [2.05, 4.69) is 4.99 Å². The zero-order valence-electron chi connectivity index (χ0n) is 25.3. The first-order valence-corrected chi connectivity index (χ1v) is 14.4. The predicted octanol–water partition coefficient (Wildman–Crippen LogP) is 8.92. The van der Waals surface area contributed by atoms with Gasteiger partial charge in [0.15, 0.2) is 5.84 Å². The van der Waals surface area contributed by atoms with Gasteiger partial charge >= 0.3 is 12.1 Å². The molecule has 1 heterocycles. The normalized spacial score (nSPS) is 13.2. The molecular weight excluding hydrogens is 567 g/mol. The van der Waals surface area contributed by atoms with Crippen molar-refractivity contribution in [2.24, 2.45) is 10.7 Å². The van der Waals surface area contributed by atoms with E-state index in [9.17, 15) is 18.0 Å². The van der Waals surface area contributed by atoms with Gasteiger partial charge in [0.25, 0.3) is 0 Å². The summed E-state index contributed by atoms with van der Waals surface area (Å²) in [5.74, 6) is 0.372. The van der Waals surface area contributed by atoms with Crippen molar-refractivity contribution in [3.63, 3.8) is 0 Å². The Hall–Kier alpha value is -4.66. The summed E-state index contributed by atoms with van der Waals surface area (Å²) < 4.78 is 53.7. The molecule has 0 saturated heterocycles. The van der Waals surface area contributed by atoms with Crippen LogP contribution in [0.2, 0.25) is 0 Å². The maximum absolute atomic E-state index is 14.0. The molecule has 0 bridgehead atoms. The number of hydrogen-bond acceptors (Lipinski definition) is 5. The van der Waals surface area contributed by atoms with Crippen molar-refractivity contribution < 1.29 is 27.4 Å². The fraction of sp³-hybridized carbons (Fsp3) is 0.286. The van der Waals surface area contributed by atoms with E-state index in [1.807, 2.05) is 39.8 Å². The van der Waals surface area contributed by atoms with Crippen LogP contribution in [0.1, 0.15) is 78.7 Å². The average Bonchev–Trinajstić information content (AvgIpc) is 3.23. The molecule has 228 valence electrons. The second-order valence-electron chi connectivity index (χ2n) is 12.0. The van der Waals surface area contributed by atoms with Crippen LogP contribution in [0, 0.1) is 12.3 Å². The fourth-order valence-electron chi connectivity index (χ4n) is 5.27. The second-order valence-corrected chi connectivity index (χ2v) is 12.0. The van der Waals surface area contributed by atoms with Crippen LogP contribution in [0.25, 0.3) is 21.9 Å². The molecule has 9 heteroatoms. The summed E-state index contributed by atoms with van der Waals surface area (Å²) in [6, 6.07) is 16.0. The number of unbranched alkanes of at least 4 members (excludes halogenated alkanes) is 1. The Kier molecular flexibility index (Phi) is 8.01. The number of alkyl halides is 3. The number of nitrogens with one attached hydrogen (secondary N) is 1. The molecule has 0 radical (unpaired) electrons. The highest BCUT2D eigenvalue weighted by Crippen LogP contribution is 2.46. The number of aliphatic imine (C=N–C) groups is 1. The third kappa shape index (κ3) is 6.04. The lowest BCUT2D eigenvalue weighted by Gasteiger charge is -2.24. The number of carbonyl (C=O) groups is 1. The highest BCUT2D eigenvalue weighted by atomic mass is 19.4. The highest BCUT2D eigenvalue weighted by molar-refractivity contribution is 6.27. The first-order chi connectivity index (χ1) is 20.7. The molecule has 0 saturated carbocycles. The maximum atomic E-state index is 14.0. The highest BCUT2D eigenvalue weighted by Gasteiger charge is 2.33. The largest absolute Gasteiger partial charge is 0.462 e. The molecule has 5 rings (SSSR count). The summed E-state index contributed by atoms with van der Waals surface area (Å²) in [7, 11) is 0. The third-order valence-corrected chi connectivity index (χ3v) is 7.55. The Morgan fingerprint density at radius 1 is 0.955 bits per heavy atom. The molecule has 4 aromatic carbocycles. The van der Waals surface area contributed by atoms with E-state index < -0.39 is 17.7 Å². The topological polar surface area (TPSA) is 97.8 Å². The number of halogens is 3. The Morgan fingerprint density at radius 3 is 2.30 bits per heavy atom. The SMILES string of the molecule is CCCCOC(=O)c1ccc(Oc2cc(C(C)(C)C)cc3cc4c(c(-c5cc(C)cc(C(F)(F)F)c5)c23)C(N)=NC4=N)cc1. The minimum absolute atomic E-state index is 0.0498. The van der Waals surface area contributed by atoms with E-state index in [0.29, 0.717) is 56.7 Å². The molecule has 1 aliphatic heterocycles. The van der Waals surface area contributed by atoms with Gasteiger partial charge in [-0.05, 0) is 89.4 Å². The van der Waals surface area contributed by atoms with E-state index in [-0.39, 0.29) is 22.6 Å². The van der Waals surface area contributed by atoms with E-state index in [1.165, 1.54) is 0 Å². The number of benzene rings is 4. The summed E-state index contributed by atoms with van der Waals surface area (Å²) in [6.07, 6.45) is -2.89. The molecule has 44 heavy (non-hydrogen) atoms. The Balaban J connectivity index is 1.75. The smallest absolute Gasteiger partial charge is 0.416 e. The quantitative estimate of drug-likeness (QED) is 0.163. The van der Waals surface area contributed by atoms with Crippen LogP contribution in [0.15, 0.2) is 65.7 Å². The van der Waals surface area contributed by atoms with Crippen LogP contribution in [0.4, 0.5) is 13.2 Å². The molecule has 0 unspecified atom stereocenters. The maximum Gasteiger partial charge on any atom is 0.416 e. The second kappa shape index (κ2) is 11.4. The van der Waals surface area contributed by atoms with Gasteiger partial charge in [-0.15, -0.1) is 0 Å². The van der Waals surface area contributed by atoms with E-state index in [1.54, 1.807) is 43.3 Å². The predicted molar refractivity (Wildman–Crippen MR) is 167 cm³/mol. The van der Waals surface area contributed by atoms with Crippen molar-refractivity contribution in [3.8, 4) is 22.6 Å². The van der Waals surface area contributed by atoms with Gasteiger partial charge in [0.05, 0.1) is 17.7 Å². The summed E-state index contributed by atoms with van der Waals surface area (Å²) in [5, 5.41) is 9.68. The van der Waals surface area contributed by atoms with Gasteiger partial charge in [-0.3, -0.25) is 5.41 Å². The van der Waals surface area contributed by atoms with Crippen molar-refractivity contribution in [2.45, 2.75) is 59.1 Å². The molecule has 0 aromatic heterocycles. The van der Waals surface area contributed by atoms with Crippen molar-refractivity contribution in [3.05, 3.63) is 94.0 Å². The lowest BCUT2D eigenvalue weighted by Crippen LogP contribution is -2.14. The van der Waals surface area contributed by atoms with Crippen LogP contribution in [0.5, 0.6) is 11.5 Å².